The van der Waals surface area contributed by atoms with Gasteiger partial charge in [0.25, 0.3) is 0 Å². The molecule has 8 heteroatoms. The number of nitrogens with zero attached hydrogens (tertiary/aromatic N) is 1. The van der Waals surface area contributed by atoms with Gasteiger partial charge in [-0.15, -0.1) is 0 Å². The molecule has 0 unspecified atom stereocenters. The molecule has 196 valence electrons. The van der Waals surface area contributed by atoms with Crippen molar-refractivity contribution in [3.05, 3.63) is 83.4 Å². The lowest BCUT2D eigenvalue weighted by Crippen LogP contribution is -2.42. The molecule has 0 aromatic heterocycles. The maximum atomic E-state index is 14.1. The Morgan fingerprint density at radius 3 is 2.44 bits per heavy atom. The van der Waals surface area contributed by atoms with Crippen LogP contribution in [0.2, 0.25) is 0 Å². The summed E-state index contributed by atoms with van der Waals surface area (Å²) in [5.74, 6) is -2.04. The first-order valence-corrected chi connectivity index (χ1v) is 13.0. The lowest BCUT2D eigenvalue weighted by molar-refractivity contribution is -0.142. The van der Waals surface area contributed by atoms with Gasteiger partial charge in [0.1, 0.15) is 11.5 Å². The highest BCUT2D eigenvalue weighted by Crippen LogP contribution is 2.55. The summed E-state index contributed by atoms with van der Waals surface area (Å²) in [6.07, 6.45) is 1.96. The number of benzene rings is 3. The molecule has 3 aliphatic heterocycles. The fraction of sp³-hybridized carbons (Fsp3) is 0.258. The number of aryl methyl sites for hydroxylation is 1. The smallest absolute Gasteiger partial charge is 0.319 e. The van der Waals surface area contributed by atoms with Gasteiger partial charge in [0.15, 0.2) is 11.5 Å². The SMILES string of the molecule is CCOc1ccc(N2C(=O)[C@@H]3[C@@H]4C(=O)Oc5cc(C)ccc5C4=C[C@H](c4ccc5c(c4)OCO5)[C@H]3C2=O)cc1. The van der Waals surface area contributed by atoms with Crippen LogP contribution in [0.1, 0.15) is 29.5 Å². The van der Waals surface area contributed by atoms with Crippen LogP contribution in [0.5, 0.6) is 23.0 Å². The second-order valence-electron chi connectivity index (χ2n) is 10.1. The molecule has 3 aromatic rings. The molecule has 0 N–H and O–H groups in total. The van der Waals surface area contributed by atoms with Crippen LogP contribution in [0.15, 0.2) is 66.7 Å². The largest absolute Gasteiger partial charge is 0.494 e. The molecule has 0 spiro atoms. The predicted octanol–water partition coefficient (Wildman–Crippen LogP) is 4.64. The summed E-state index contributed by atoms with van der Waals surface area (Å²) < 4.78 is 22.4. The zero-order valence-electron chi connectivity index (χ0n) is 21.4. The van der Waals surface area contributed by atoms with Gasteiger partial charge in [-0.2, -0.15) is 0 Å². The molecule has 4 atom stereocenters. The van der Waals surface area contributed by atoms with Crippen molar-refractivity contribution < 1.29 is 33.3 Å². The van der Waals surface area contributed by atoms with Gasteiger partial charge < -0.3 is 18.9 Å². The zero-order valence-corrected chi connectivity index (χ0v) is 21.4. The molecule has 8 nitrogen and oxygen atoms in total. The Bertz CT molecular complexity index is 1570. The fourth-order valence-corrected chi connectivity index (χ4v) is 6.23. The highest BCUT2D eigenvalue weighted by Gasteiger charge is 2.60. The molecular weight excluding hydrogens is 498 g/mol. The maximum Gasteiger partial charge on any atom is 0.319 e. The van der Waals surface area contributed by atoms with Crippen LogP contribution in [-0.4, -0.2) is 31.2 Å². The van der Waals surface area contributed by atoms with Crippen LogP contribution >= 0.6 is 0 Å². The van der Waals surface area contributed by atoms with Crippen molar-refractivity contribution in [1.29, 1.82) is 0 Å². The number of carbonyl (C=O) groups excluding carboxylic acids is 3. The Hall–Kier alpha value is -4.59. The average Bonchev–Trinajstić information content (AvgIpc) is 3.50. The van der Waals surface area contributed by atoms with E-state index in [0.717, 1.165) is 16.7 Å². The molecule has 1 saturated heterocycles. The number of anilines is 1. The van der Waals surface area contributed by atoms with Gasteiger partial charge in [-0.25, -0.2) is 4.90 Å². The third kappa shape index (κ3) is 3.55. The first-order valence-electron chi connectivity index (χ1n) is 13.0. The minimum absolute atomic E-state index is 0.125. The van der Waals surface area contributed by atoms with Gasteiger partial charge in [-0.1, -0.05) is 24.3 Å². The van der Waals surface area contributed by atoms with Crippen molar-refractivity contribution in [2.45, 2.75) is 19.8 Å². The second-order valence-corrected chi connectivity index (χ2v) is 10.1. The molecule has 4 aliphatic rings. The Balaban J connectivity index is 1.38. The van der Waals surface area contributed by atoms with Gasteiger partial charge in [0.05, 0.1) is 30.0 Å². The van der Waals surface area contributed by atoms with E-state index in [4.69, 9.17) is 18.9 Å². The van der Waals surface area contributed by atoms with E-state index < -0.39 is 35.5 Å². The van der Waals surface area contributed by atoms with Crippen molar-refractivity contribution in [3.8, 4) is 23.0 Å². The minimum Gasteiger partial charge on any atom is -0.494 e. The second kappa shape index (κ2) is 8.73. The highest BCUT2D eigenvalue weighted by atomic mass is 16.7. The molecular formula is C31H25NO7. The van der Waals surface area contributed by atoms with Crippen LogP contribution < -0.4 is 23.8 Å². The van der Waals surface area contributed by atoms with E-state index in [9.17, 15) is 14.4 Å². The number of carbonyl (C=O) groups is 3. The van der Waals surface area contributed by atoms with Crippen molar-refractivity contribution in [3.63, 3.8) is 0 Å². The molecule has 3 heterocycles. The fourth-order valence-electron chi connectivity index (χ4n) is 6.23. The molecule has 7 rings (SSSR count). The van der Waals surface area contributed by atoms with Crippen LogP contribution in [0.25, 0.3) is 5.57 Å². The van der Waals surface area contributed by atoms with E-state index in [-0.39, 0.29) is 12.7 Å². The summed E-state index contributed by atoms with van der Waals surface area (Å²) in [6, 6.07) is 18.1. The van der Waals surface area contributed by atoms with E-state index in [2.05, 4.69) is 0 Å². The van der Waals surface area contributed by atoms with E-state index in [0.29, 0.717) is 40.9 Å². The Labute approximate surface area is 224 Å². The van der Waals surface area contributed by atoms with Crippen LogP contribution in [0.3, 0.4) is 0 Å². The van der Waals surface area contributed by atoms with E-state index in [1.807, 2.05) is 56.3 Å². The Morgan fingerprint density at radius 2 is 1.64 bits per heavy atom. The van der Waals surface area contributed by atoms with Crippen molar-refractivity contribution in [2.75, 3.05) is 18.3 Å². The van der Waals surface area contributed by atoms with Crippen molar-refractivity contribution in [1.82, 2.24) is 0 Å². The normalized spacial score (nSPS) is 24.5. The molecule has 0 saturated carbocycles. The molecule has 1 aliphatic carbocycles. The molecule has 0 bridgehead atoms. The summed E-state index contributed by atoms with van der Waals surface area (Å²) in [5, 5.41) is 0. The number of hydrogen-bond acceptors (Lipinski definition) is 7. The third-order valence-corrected chi connectivity index (χ3v) is 7.94. The number of esters is 1. The summed E-state index contributed by atoms with van der Waals surface area (Å²) in [4.78, 5) is 42.8. The number of rotatable bonds is 4. The van der Waals surface area contributed by atoms with Gasteiger partial charge >= 0.3 is 5.97 Å². The minimum atomic E-state index is -0.915. The van der Waals surface area contributed by atoms with E-state index >= 15 is 0 Å². The highest BCUT2D eigenvalue weighted by molar-refractivity contribution is 6.24. The maximum absolute atomic E-state index is 14.1. The topological polar surface area (TPSA) is 91.4 Å². The quantitative estimate of drug-likeness (QED) is 0.279. The molecule has 39 heavy (non-hydrogen) atoms. The van der Waals surface area contributed by atoms with Crippen LogP contribution in [0.4, 0.5) is 5.69 Å². The number of fused-ring (bicyclic) bond motifs is 6. The van der Waals surface area contributed by atoms with Gasteiger partial charge in [-0.05, 0) is 73.0 Å². The number of imide groups is 1. The predicted molar refractivity (Wildman–Crippen MR) is 141 cm³/mol. The standard InChI is InChI=1S/C31H25NO7/c1-3-36-19-8-6-18(7-9-19)32-29(33)26-21(17-5-11-23-25(13-17)38-15-37-23)14-22-20-10-4-16(2)12-24(20)39-31(35)27(22)28(26)30(32)34/h4-14,21,26-28H,3,15H2,1-2H3/t21-,26-,27-,28+/m1/s1. The first-order chi connectivity index (χ1) is 18.9. The summed E-state index contributed by atoms with van der Waals surface area (Å²) >= 11 is 0. The van der Waals surface area contributed by atoms with Crippen LogP contribution in [0, 0.1) is 24.7 Å². The summed E-state index contributed by atoms with van der Waals surface area (Å²) in [5.41, 5.74) is 3.67. The van der Waals surface area contributed by atoms with Crippen LogP contribution in [-0.2, 0) is 14.4 Å². The van der Waals surface area contributed by atoms with Crippen molar-refractivity contribution >= 4 is 29.0 Å². The molecule has 3 aromatic carbocycles. The Morgan fingerprint density at radius 1 is 0.872 bits per heavy atom. The lowest BCUT2D eigenvalue weighted by Gasteiger charge is -2.38. The number of hydrogen-bond donors (Lipinski definition) is 0. The summed E-state index contributed by atoms with van der Waals surface area (Å²) in [7, 11) is 0. The number of allylic oxidation sites excluding steroid dienone is 1. The molecule has 0 radical (unpaired) electrons. The molecule has 1 fully saturated rings. The van der Waals surface area contributed by atoms with Gasteiger partial charge in [0, 0.05) is 11.5 Å². The van der Waals surface area contributed by atoms with Crippen molar-refractivity contribution in [2.24, 2.45) is 17.8 Å². The Kier molecular flexibility index (Phi) is 5.26. The average molecular weight is 524 g/mol. The lowest BCUT2D eigenvalue weighted by atomic mass is 9.64. The van der Waals surface area contributed by atoms with Gasteiger partial charge in [0.2, 0.25) is 18.6 Å². The number of amides is 2. The van der Waals surface area contributed by atoms with Gasteiger partial charge in [-0.3, -0.25) is 14.4 Å². The monoisotopic (exact) mass is 523 g/mol. The third-order valence-electron chi connectivity index (χ3n) is 7.94. The van der Waals surface area contributed by atoms with E-state index in [1.54, 1.807) is 24.3 Å². The van der Waals surface area contributed by atoms with E-state index in [1.165, 1.54) is 4.90 Å². The first kappa shape index (κ1) is 23.5. The summed E-state index contributed by atoms with van der Waals surface area (Å²) in [6.45, 7) is 4.44. The molecule has 2 amide bonds. The zero-order chi connectivity index (χ0) is 26.8. The number of ether oxygens (including phenoxy) is 4.